The van der Waals surface area contributed by atoms with Gasteiger partial charge in [-0.15, -0.1) is 0 Å². The van der Waals surface area contributed by atoms with E-state index in [-0.39, 0.29) is 0 Å². The van der Waals surface area contributed by atoms with Crippen molar-refractivity contribution in [3.63, 3.8) is 0 Å². The highest BCUT2D eigenvalue weighted by Crippen LogP contribution is 2.18. The molecule has 0 saturated heterocycles. The van der Waals surface area contributed by atoms with Gasteiger partial charge in [0.05, 0.1) is 13.7 Å². The van der Waals surface area contributed by atoms with Gasteiger partial charge in [0.1, 0.15) is 11.5 Å². The van der Waals surface area contributed by atoms with Gasteiger partial charge in [-0.25, -0.2) is 0 Å². The third-order valence-electron chi connectivity index (χ3n) is 2.86. The topological polar surface area (TPSA) is 43.4 Å². The number of hydrogen-bond donors (Lipinski definition) is 1. The van der Waals surface area contributed by atoms with Gasteiger partial charge >= 0.3 is 0 Å². The monoisotopic (exact) mass is 272 g/mol. The first-order valence-electron chi connectivity index (χ1n) is 6.71. The number of rotatable bonds is 7. The maximum Gasteiger partial charge on any atom is 0.122 e. The zero-order valence-corrected chi connectivity index (χ0v) is 11.9. The first kappa shape index (κ1) is 14.2. The number of nitrogens with one attached hydrogen (secondary N) is 1. The minimum Gasteiger partial charge on any atom is -0.497 e. The Kier molecular flexibility index (Phi) is 5.24. The molecule has 0 bridgehead atoms. The molecule has 0 saturated carbocycles. The summed E-state index contributed by atoms with van der Waals surface area (Å²) in [6, 6.07) is 11.6. The number of pyridine rings is 1. The maximum atomic E-state index is 5.68. The third-order valence-corrected chi connectivity index (χ3v) is 2.86. The second-order valence-electron chi connectivity index (χ2n) is 4.49. The molecular weight excluding hydrogens is 252 g/mol. The lowest BCUT2D eigenvalue weighted by molar-refractivity contribution is 0.312. The molecular formula is C16H20N2O2. The minimum atomic E-state index is 0.671. The summed E-state index contributed by atoms with van der Waals surface area (Å²) >= 11 is 0. The van der Waals surface area contributed by atoms with Crippen LogP contribution < -0.4 is 14.8 Å². The van der Waals surface area contributed by atoms with E-state index in [2.05, 4.69) is 10.3 Å². The Hall–Kier alpha value is -2.23. The van der Waals surface area contributed by atoms with Gasteiger partial charge in [0, 0.05) is 30.2 Å². The second-order valence-corrected chi connectivity index (χ2v) is 4.49. The lowest BCUT2D eigenvalue weighted by Gasteiger charge is -2.09. The molecule has 0 aliphatic heterocycles. The predicted octanol–water partition coefficient (Wildman–Crippen LogP) is 3.28. The summed E-state index contributed by atoms with van der Waals surface area (Å²) in [7, 11) is 1.65. The zero-order valence-electron chi connectivity index (χ0n) is 11.9. The summed E-state index contributed by atoms with van der Waals surface area (Å²) in [6.45, 7) is 3.52. The number of aryl methyl sites for hydroxylation is 1. The van der Waals surface area contributed by atoms with Crippen molar-refractivity contribution in [1.29, 1.82) is 0 Å². The van der Waals surface area contributed by atoms with E-state index in [0.717, 1.165) is 35.8 Å². The van der Waals surface area contributed by atoms with Crippen LogP contribution in [0.5, 0.6) is 11.5 Å². The van der Waals surface area contributed by atoms with E-state index >= 15 is 0 Å². The molecule has 0 spiro atoms. The van der Waals surface area contributed by atoms with Crippen LogP contribution in [-0.4, -0.2) is 25.2 Å². The molecule has 0 aliphatic rings. The number of aromatic nitrogens is 1. The molecule has 1 aromatic heterocycles. The van der Waals surface area contributed by atoms with Crippen molar-refractivity contribution >= 4 is 5.69 Å². The van der Waals surface area contributed by atoms with Crippen LogP contribution in [0, 0.1) is 6.92 Å². The fourth-order valence-electron chi connectivity index (χ4n) is 1.84. The zero-order chi connectivity index (χ0) is 14.2. The average Bonchev–Trinajstić information content (AvgIpc) is 2.47. The highest BCUT2D eigenvalue weighted by atomic mass is 16.5. The van der Waals surface area contributed by atoms with Crippen LogP contribution >= 0.6 is 0 Å². The summed E-state index contributed by atoms with van der Waals surface area (Å²) in [5.74, 6) is 1.65. The van der Waals surface area contributed by atoms with Crippen LogP contribution in [0.15, 0.2) is 42.6 Å². The summed E-state index contributed by atoms with van der Waals surface area (Å²) in [5.41, 5.74) is 2.11. The van der Waals surface area contributed by atoms with Gasteiger partial charge in [-0.05, 0) is 37.6 Å². The van der Waals surface area contributed by atoms with E-state index in [9.17, 15) is 0 Å². The predicted molar refractivity (Wildman–Crippen MR) is 80.6 cm³/mol. The molecule has 1 N–H and O–H groups in total. The van der Waals surface area contributed by atoms with Gasteiger partial charge in [0.25, 0.3) is 0 Å². The van der Waals surface area contributed by atoms with Crippen molar-refractivity contribution in [2.45, 2.75) is 13.3 Å². The number of hydrogen-bond acceptors (Lipinski definition) is 4. The Labute approximate surface area is 119 Å². The van der Waals surface area contributed by atoms with E-state index in [1.165, 1.54) is 0 Å². The van der Waals surface area contributed by atoms with E-state index in [0.29, 0.717) is 6.61 Å². The molecule has 4 nitrogen and oxygen atoms in total. The van der Waals surface area contributed by atoms with Crippen molar-refractivity contribution in [1.82, 2.24) is 4.98 Å². The van der Waals surface area contributed by atoms with Crippen LogP contribution in [0.2, 0.25) is 0 Å². The van der Waals surface area contributed by atoms with Crippen molar-refractivity contribution in [2.75, 3.05) is 25.6 Å². The normalized spacial score (nSPS) is 10.1. The van der Waals surface area contributed by atoms with Crippen LogP contribution in [0.25, 0.3) is 0 Å². The average molecular weight is 272 g/mol. The number of anilines is 1. The molecule has 20 heavy (non-hydrogen) atoms. The molecule has 0 fully saturated rings. The first-order valence-corrected chi connectivity index (χ1v) is 6.71. The van der Waals surface area contributed by atoms with Crippen LogP contribution in [0.3, 0.4) is 0 Å². The Morgan fingerprint density at radius 1 is 1.15 bits per heavy atom. The van der Waals surface area contributed by atoms with E-state index in [4.69, 9.17) is 9.47 Å². The number of nitrogens with zero attached hydrogens (tertiary/aromatic N) is 1. The third kappa shape index (κ3) is 4.46. The maximum absolute atomic E-state index is 5.68. The molecule has 0 unspecified atom stereocenters. The SMILES string of the molecule is COc1cccc(OCCCNc2ccnc(C)c2)c1. The summed E-state index contributed by atoms with van der Waals surface area (Å²) in [5, 5.41) is 3.35. The highest BCUT2D eigenvalue weighted by Gasteiger charge is 1.97. The molecule has 0 aliphatic carbocycles. The van der Waals surface area contributed by atoms with E-state index < -0.39 is 0 Å². The molecule has 2 rings (SSSR count). The molecule has 1 aromatic carbocycles. The largest absolute Gasteiger partial charge is 0.497 e. The van der Waals surface area contributed by atoms with Gasteiger partial charge in [-0.2, -0.15) is 0 Å². The quantitative estimate of drug-likeness (QED) is 0.786. The van der Waals surface area contributed by atoms with E-state index in [1.54, 1.807) is 7.11 Å². The van der Waals surface area contributed by atoms with Gasteiger partial charge < -0.3 is 14.8 Å². The molecule has 1 heterocycles. The Morgan fingerprint density at radius 3 is 2.80 bits per heavy atom. The Bertz CT molecular complexity index is 544. The molecule has 0 amide bonds. The number of ether oxygens (including phenoxy) is 2. The number of benzene rings is 1. The van der Waals surface area contributed by atoms with Crippen LogP contribution in [0.1, 0.15) is 12.1 Å². The molecule has 0 radical (unpaired) electrons. The van der Waals surface area contributed by atoms with Gasteiger partial charge in [0.2, 0.25) is 0 Å². The van der Waals surface area contributed by atoms with Gasteiger partial charge in [-0.3, -0.25) is 4.98 Å². The van der Waals surface area contributed by atoms with E-state index in [1.807, 2.05) is 49.5 Å². The molecule has 4 heteroatoms. The van der Waals surface area contributed by atoms with Crippen molar-refractivity contribution in [2.24, 2.45) is 0 Å². The van der Waals surface area contributed by atoms with Crippen LogP contribution in [-0.2, 0) is 0 Å². The summed E-state index contributed by atoms with van der Waals surface area (Å²) in [4.78, 5) is 4.16. The second kappa shape index (κ2) is 7.38. The Balaban J connectivity index is 1.68. The van der Waals surface area contributed by atoms with Crippen molar-refractivity contribution in [3.05, 3.63) is 48.3 Å². The summed E-state index contributed by atoms with van der Waals surface area (Å²) < 4.78 is 10.8. The lowest BCUT2D eigenvalue weighted by Crippen LogP contribution is -2.07. The van der Waals surface area contributed by atoms with Crippen LogP contribution in [0.4, 0.5) is 5.69 Å². The first-order chi connectivity index (χ1) is 9.78. The highest BCUT2D eigenvalue weighted by molar-refractivity contribution is 5.42. The fraction of sp³-hybridized carbons (Fsp3) is 0.312. The summed E-state index contributed by atoms with van der Waals surface area (Å²) in [6.07, 6.45) is 2.74. The van der Waals surface area contributed by atoms with Crippen molar-refractivity contribution < 1.29 is 9.47 Å². The van der Waals surface area contributed by atoms with Gasteiger partial charge in [-0.1, -0.05) is 6.07 Å². The fourth-order valence-corrected chi connectivity index (χ4v) is 1.84. The van der Waals surface area contributed by atoms with Gasteiger partial charge in [0.15, 0.2) is 0 Å². The molecule has 2 aromatic rings. The Morgan fingerprint density at radius 2 is 2.00 bits per heavy atom. The van der Waals surface area contributed by atoms with Crippen molar-refractivity contribution in [3.8, 4) is 11.5 Å². The lowest BCUT2D eigenvalue weighted by atomic mass is 10.3. The standard InChI is InChI=1S/C16H20N2O2/c1-13-11-14(7-9-17-13)18-8-4-10-20-16-6-3-5-15(12-16)19-2/h3,5-7,9,11-12H,4,8,10H2,1-2H3,(H,17,18). The smallest absolute Gasteiger partial charge is 0.122 e. The minimum absolute atomic E-state index is 0.671. The molecule has 0 atom stereocenters. The number of methoxy groups -OCH3 is 1. The molecule has 106 valence electrons.